The second-order valence-electron chi connectivity index (χ2n) is 5.43. The molecule has 1 aromatic carbocycles. The number of carbonyl (C=O) groups is 1. The van der Waals surface area contributed by atoms with Crippen molar-refractivity contribution in [3.63, 3.8) is 0 Å². The SMILES string of the molecule is CCCCOCCCNC(=O)/C(C#N)=C\NCCc1ccccc1. The van der Waals surface area contributed by atoms with Crippen molar-refractivity contribution in [1.29, 1.82) is 5.26 Å². The molecule has 5 heteroatoms. The van der Waals surface area contributed by atoms with Crippen LogP contribution in [0.15, 0.2) is 42.1 Å². The Morgan fingerprint density at radius 3 is 2.67 bits per heavy atom. The molecule has 130 valence electrons. The van der Waals surface area contributed by atoms with E-state index in [2.05, 4.69) is 17.6 Å². The normalized spacial score (nSPS) is 10.9. The van der Waals surface area contributed by atoms with E-state index in [1.807, 2.05) is 36.4 Å². The zero-order valence-electron chi connectivity index (χ0n) is 14.4. The third kappa shape index (κ3) is 8.96. The first kappa shape index (κ1) is 19.7. The summed E-state index contributed by atoms with van der Waals surface area (Å²) in [6, 6.07) is 12.0. The molecule has 0 aliphatic heterocycles. The number of nitriles is 1. The highest BCUT2D eigenvalue weighted by atomic mass is 16.5. The minimum Gasteiger partial charge on any atom is -0.389 e. The van der Waals surface area contributed by atoms with Gasteiger partial charge in [0.1, 0.15) is 11.6 Å². The molecule has 0 aliphatic carbocycles. The van der Waals surface area contributed by atoms with Crippen LogP contribution in [0.3, 0.4) is 0 Å². The summed E-state index contributed by atoms with van der Waals surface area (Å²) in [5.74, 6) is -0.349. The number of ether oxygens (including phenoxy) is 1. The number of carbonyl (C=O) groups excluding carboxylic acids is 1. The Labute approximate surface area is 144 Å². The van der Waals surface area contributed by atoms with Crippen molar-refractivity contribution in [1.82, 2.24) is 10.6 Å². The number of nitrogens with one attached hydrogen (secondary N) is 2. The summed E-state index contributed by atoms with van der Waals surface area (Å²) < 4.78 is 5.42. The van der Waals surface area contributed by atoms with Crippen molar-refractivity contribution in [3.05, 3.63) is 47.7 Å². The van der Waals surface area contributed by atoms with Crippen LogP contribution in [0.5, 0.6) is 0 Å². The van der Waals surface area contributed by atoms with E-state index in [-0.39, 0.29) is 11.5 Å². The van der Waals surface area contributed by atoms with Gasteiger partial charge in [0.25, 0.3) is 5.91 Å². The first-order valence-electron chi connectivity index (χ1n) is 8.51. The molecule has 1 rings (SSSR count). The molecule has 1 amide bonds. The van der Waals surface area contributed by atoms with E-state index in [4.69, 9.17) is 10.00 Å². The molecule has 1 aromatic rings. The first-order valence-corrected chi connectivity index (χ1v) is 8.51. The molecule has 24 heavy (non-hydrogen) atoms. The zero-order valence-corrected chi connectivity index (χ0v) is 14.4. The minimum absolute atomic E-state index is 0.0926. The Balaban J connectivity index is 2.19. The summed E-state index contributed by atoms with van der Waals surface area (Å²) in [4.78, 5) is 11.9. The average Bonchev–Trinajstić information content (AvgIpc) is 2.61. The number of benzene rings is 1. The van der Waals surface area contributed by atoms with Crippen molar-refractivity contribution in [3.8, 4) is 6.07 Å². The van der Waals surface area contributed by atoms with Gasteiger partial charge in [0.2, 0.25) is 0 Å². The standard InChI is InChI=1S/C19H27N3O2/c1-2-3-13-24-14-7-11-22-19(23)18(15-20)16-21-12-10-17-8-5-4-6-9-17/h4-6,8-9,16,21H,2-3,7,10-14H2,1H3,(H,22,23)/b18-16-. The maximum absolute atomic E-state index is 11.9. The van der Waals surface area contributed by atoms with Crippen LogP contribution in [0.2, 0.25) is 0 Å². The Hall–Kier alpha value is -2.32. The highest BCUT2D eigenvalue weighted by Gasteiger charge is 2.07. The molecule has 0 aliphatic rings. The number of hydrogen-bond acceptors (Lipinski definition) is 4. The van der Waals surface area contributed by atoms with Gasteiger partial charge < -0.3 is 15.4 Å². The van der Waals surface area contributed by atoms with Crippen LogP contribution in [0.1, 0.15) is 31.7 Å². The van der Waals surface area contributed by atoms with Gasteiger partial charge in [-0.25, -0.2) is 0 Å². The topological polar surface area (TPSA) is 74.1 Å². The molecule has 0 bridgehead atoms. The molecule has 0 spiro atoms. The first-order chi connectivity index (χ1) is 11.8. The fraction of sp³-hybridized carbons (Fsp3) is 0.474. The van der Waals surface area contributed by atoms with Gasteiger partial charge in [-0.05, 0) is 24.8 Å². The molecule has 5 nitrogen and oxygen atoms in total. The molecule has 0 atom stereocenters. The van der Waals surface area contributed by atoms with E-state index < -0.39 is 0 Å². The van der Waals surface area contributed by atoms with E-state index in [1.165, 1.54) is 11.8 Å². The summed E-state index contributed by atoms with van der Waals surface area (Å²) in [5, 5.41) is 14.8. The maximum Gasteiger partial charge on any atom is 0.263 e. The summed E-state index contributed by atoms with van der Waals surface area (Å²) in [6.45, 7) is 4.69. The monoisotopic (exact) mass is 329 g/mol. The Bertz CT molecular complexity index is 535. The summed E-state index contributed by atoms with van der Waals surface area (Å²) in [7, 11) is 0. The van der Waals surface area contributed by atoms with Crippen LogP contribution in [0, 0.1) is 11.3 Å². The van der Waals surface area contributed by atoms with Gasteiger partial charge in [-0.2, -0.15) is 5.26 Å². The molecule has 0 heterocycles. The van der Waals surface area contributed by atoms with Crippen molar-refractivity contribution in [2.45, 2.75) is 32.6 Å². The molecule has 0 fully saturated rings. The highest BCUT2D eigenvalue weighted by molar-refractivity contribution is 5.97. The Morgan fingerprint density at radius 1 is 1.21 bits per heavy atom. The van der Waals surface area contributed by atoms with Crippen molar-refractivity contribution < 1.29 is 9.53 Å². The number of unbranched alkanes of at least 4 members (excludes halogenated alkanes) is 1. The molecule has 0 saturated heterocycles. The number of amides is 1. The fourth-order valence-corrected chi connectivity index (χ4v) is 2.00. The lowest BCUT2D eigenvalue weighted by atomic mass is 10.1. The predicted molar refractivity (Wildman–Crippen MR) is 95.2 cm³/mol. The van der Waals surface area contributed by atoms with E-state index in [9.17, 15) is 4.79 Å². The lowest BCUT2D eigenvalue weighted by molar-refractivity contribution is -0.117. The number of hydrogen-bond donors (Lipinski definition) is 2. The van der Waals surface area contributed by atoms with Gasteiger partial charge in [-0.15, -0.1) is 0 Å². The van der Waals surface area contributed by atoms with Gasteiger partial charge in [0, 0.05) is 32.5 Å². The smallest absolute Gasteiger partial charge is 0.263 e. The van der Waals surface area contributed by atoms with E-state index in [0.717, 1.165) is 32.3 Å². The molecular weight excluding hydrogens is 302 g/mol. The molecule has 0 radical (unpaired) electrons. The summed E-state index contributed by atoms with van der Waals surface area (Å²) in [6.07, 6.45) is 5.24. The Kier molecular flexibility index (Phi) is 10.8. The largest absolute Gasteiger partial charge is 0.389 e. The maximum atomic E-state index is 11.9. The van der Waals surface area contributed by atoms with E-state index in [1.54, 1.807) is 0 Å². The fourth-order valence-electron chi connectivity index (χ4n) is 2.00. The molecule has 0 saturated carbocycles. The second kappa shape index (κ2) is 13.1. The van der Waals surface area contributed by atoms with Gasteiger partial charge in [-0.1, -0.05) is 43.7 Å². The zero-order chi connectivity index (χ0) is 17.5. The molecule has 0 aromatic heterocycles. The van der Waals surface area contributed by atoms with Crippen molar-refractivity contribution in [2.75, 3.05) is 26.3 Å². The molecule has 2 N–H and O–H groups in total. The lowest BCUT2D eigenvalue weighted by Gasteiger charge is -2.06. The quantitative estimate of drug-likeness (QED) is 0.351. The summed E-state index contributed by atoms with van der Waals surface area (Å²) >= 11 is 0. The second-order valence-corrected chi connectivity index (χ2v) is 5.43. The van der Waals surface area contributed by atoms with Crippen molar-refractivity contribution >= 4 is 5.91 Å². The Morgan fingerprint density at radius 2 is 1.96 bits per heavy atom. The van der Waals surface area contributed by atoms with Gasteiger partial charge in [-0.3, -0.25) is 4.79 Å². The van der Waals surface area contributed by atoms with E-state index >= 15 is 0 Å². The van der Waals surface area contributed by atoms with Crippen LogP contribution in [0.25, 0.3) is 0 Å². The van der Waals surface area contributed by atoms with Crippen molar-refractivity contribution in [2.24, 2.45) is 0 Å². The van der Waals surface area contributed by atoms with Gasteiger partial charge in [0.15, 0.2) is 0 Å². The van der Waals surface area contributed by atoms with Gasteiger partial charge >= 0.3 is 0 Å². The third-order valence-electron chi connectivity index (χ3n) is 3.41. The minimum atomic E-state index is -0.349. The average molecular weight is 329 g/mol. The number of nitrogens with zero attached hydrogens (tertiary/aromatic N) is 1. The number of rotatable bonds is 12. The highest BCUT2D eigenvalue weighted by Crippen LogP contribution is 1.98. The van der Waals surface area contributed by atoms with Crippen LogP contribution < -0.4 is 10.6 Å². The lowest BCUT2D eigenvalue weighted by Crippen LogP contribution is -2.27. The molecule has 0 unspecified atom stereocenters. The third-order valence-corrected chi connectivity index (χ3v) is 3.41. The van der Waals surface area contributed by atoms with Crippen LogP contribution in [0.4, 0.5) is 0 Å². The van der Waals surface area contributed by atoms with Crippen LogP contribution in [-0.2, 0) is 16.0 Å². The molecular formula is C19H27N3O2. The summed E-state index contributed by atoms with van der Waals surface area (Å²) in [5.41, 5.74) is 1.30. The van der Waals surface area contributed by atoms with Gasteiger partial charge in [0.05, 0.1) is 0 Å². The predicted octanol–water partition coefficient (Wildman–Crippen LogP) is 2.55. The van der Waals surface area contributed by atoms with E-state index in [0.29, 0.717) is 19.7 Å². The van der Waals surface area contributed by atoms with Crippen LogP contribution >= 0.6 is 0 Å². The van der Waals surface area contributed by atoms with Crippen LogP contribution in [-0.4, -0.2) is 32.2 Å².